The van der Waals surface area contributed by atoms with Crippen LogP contribution in [0.25, 0.3) is 0 Å². The predicted octanol–water partition coefficient (Wildman–Crippen LogP) is 3.10. The van der Waals surface area contributed by atoms with Crippen LogP contribution in [0.2, 0.25) is 5.02 Å². The van der Waals surface area contributed by atoms with Crippen LogP contribution in [0, 0.1) is 5.82 Å². The molecule has 1 heterocycles. The summed E-state index contributed by atoms with van der Waals surface area (Å²) in [5.74, 6) is -0.191. The lowest BCUT2D eigenvalue weighted by molar-refractivity contribution is 0.0372. The summed E-state index contributed by atoms with van der Waals surface area (Å²) in [5.41, 5.74) is -1.21. The summed E-state index contributed by atoms with van der Waals surface area (Å²) in [7, 11) is 0. The van der Waals surface area contributed by atoms with Gasteiger partial charge < -0.3 is 20.2 Å². The van der Waals surface area contributed by atoms with Gasteiger partial charge in [0.05, 0.1) is 23.5 Å². The van der Waals surface area contributed by atoms with Crippen LogP contribution in [-0.4, -0.2) is 17.7 Å². The number of aliphatic hydroxyl groups is 1. The van der Waals surface area contributed by atoms with Crippen molar-refractivity contribution >= 4 is 23.3 Å². The second-order valence-corrected chi connectivity index (χ2v) is 5.09. The summed E-state index contributed by atoms with van der Waals surface area (Å²) >= 11 is 5.84. The molecule has 2 aromatic rings. The van der Waals surface area contributed by atoms with Crippen molar-refractivity contribution in [2.24, 2.45) is 0 Å². The molecule has 2 rings (SSSR count). The average molecular weight is 313 g/mol. The lowest BCUT2D eigenvalue weighted by atomic mass is 10.0. The minimum Gasteiger partial charge on any atom is -0.466 e. The third kappa shape index (κ3) is 3.96. The molecule has 1 aromatic heterocycles. The van der Waals surface area contributed by atoms with E-state index in [0.29, 0.717) is 5.76 Å². The Labute approximate surface area is 125 Å². The molecule has 1 unspecified atom stereocenters. The molecule has 7 heteroatoms. The van der Waals surface area contributed by atoms with Gasteiger partial charge >= 0.3 is 6.03 Å². The molecule has 5 nitrogen and oxygen atoms in total. The largest absolute Gasteiger partial charge is 0.466 e. The first-order valence-corrected chi connectivity index (χ1v) is 6.52. The van der Waals surface area contributed by atoms with Gasteiger partial charge in [-0.25, -0.2) is 9.18 Å². The van der Waals surface area contributed by atoms with E-state index in [0.717, 1.165) is 6.07 Å². The SMILES string of the molecule is CC(O)(CNC(=O)Nc1cc(F)ccc1Cl)c1ccco1. The Morgan fingerprint density at radius 1 is 1.48 bits per heavy atom. The zero-order chi connectivity index (χ0) is 15.5. The Kier molecular flexibility index (Phi) is 4.50. The zero-order valence-corrected chi connectivity index (χ0v) is 11.9. The minimum absolute atomic E-state index is 0.0840. The van der Waals surface area contributed by atoms with E-state index in [1.54, 1.807) is 12.1 Å². The first-order chi connectivity index (χ1) is 9.88. The minimum atomic E-state index is -1.35. The number of carbonyl (C=O) groups excluding carboxylic acids is 1. The predicted molar refractivity (Wildman–Crippen MR) is 76.7 cm³/mol. The number of carbonyl (C=O) groups is 1. The smallest absolute Gasteiger partial charge is 0.319 e. The van der Waals surface area contributed by atoms with E-state index in [4.69, 9.17) is 16.0 Å². The number of urea groups is 1. The highest BCUT2D eigenvalue weighted by molar-refractivity contribution is 6.33. The Morgan fingerprint density at radius 2 is 2.24 bits per heavy atom. The lowest BCUT2D eigenvalue weighted by Gasteiger charge is -2.21. The normalized spacial score (nSPS) is 13.5. The number of hydrogen-bond acceptors (Lipinski definition) is 3. The van der Waals surface area contributed by atoms with Crippen LogP contribution in [0.1, 0.15) is 12.7 Å². The van der Waals surface area contributed by atoms with Crippen molar-refractivity contribution in [2.75, 3.05) is 11.9 Å². The number of benzene rings is 1. The fraction of sp³-hybridized carbons (Fsp3) is 0.214. The third-order valence-corrected chi connectivity index (χ3v) is 3.15. The highest BCUT2D eigenvalue weighted by atomic mass is 35.5. The van der Waals surface area contributed by atoms with Gasteiger partial charge in [-0.3, -0.25) is 0 Å². The first kappa shape index (κ1) is 15.3. The van der Waals surface area contributed by atoms with E-state index in [9.17, 15) is 14.3 Å². The van der Waals surface area contributed by atoms with Gasteiger partial charge in [-0.1, -0.05) is 11.6 Å². The van der Waals surface area contributed by atoms with E-state index < -0.39 is 17.4 Å². The van der Waals surface area contributed by atoms with Crippen molar-refractivity contribution in [2.45, 2.75) is 12.5 Å². The molecule has 112 valence electrons. The van der Waals surface area contributed by atoms with Crippen molar-refractivity contribution in [3.8, 4) is 0 Å². The van der Waals surface area contributed by atoms with Gasteiger partial charge in [-0.15, -0.1) is 0 Å². The van der Waals surface area contributed by atoms with Crippen molar-refractivity contribution < 1.29 is 18.7 Å². The number of furan rings is 1. The van der Waals surface area contributed by atoms with E-state index in [2.05, 4.69) is 10.6 Å². The van der Waals surface area contributed by atoms with Crippen molar-refractivity contribution in [1.82, 2.24) is 5.32 Å². The molecule has 0 saturated heterocycles. The van der Waals surface area contributed by atoms with E-state index in [1.807, 2.05) is 0 Å². The molecule has 0 aliphatic heterocycles. The van der Waals surface area contributed by atoms with Gasteiger partial charge in [-0.2, -0.15) is 0 Å². The topological polar surface area (TPSA) is 74.5 Å². The zero-order valence-electron chi connectivity index (χ0n) is 11.2. The molecule has 1 atom stereocenters. The number of nitrogens with one attached hydrogen (secondary N) is 2. The number of amides is 2. The van der Waals surface area contributed by atoms with E-state index in [-0.39, 0.29) is 17.3 Å². The summed E-state index contributed by atoms with van der Waals surface area (Å²) in [6, 6.07) is 6.25. The quantitative estimate of drug-likeness (QED) is 0.812. The highest BCUT2D eigenvalue weighted by Gasteiger charge is 2.26. The van der Waals surface area contributed by atoms with Crippen LogP contribution >= 0.6 is 11.6 Å². The molecule has 2 amide bonds. The summed E-state index contributed by atoms with van der Waals surface area (Å²) in [5, 5.41) is 15.2. The van der Waals surface area contributed by atoms with Gasteiger partial charge in [0.25, 0.3) is 0 Å². The Balaban J connectivity index is 1.95. The molecular formula is C14H14ClFN2O3. The molecule has 1 aromatic carbocycles. The molecule has 0 saturated carbocycles. The molecule has 3 N–H and O–H groups in total. The van der Waals surface area contributed by atoms with Crippen LogP contribution in [0.3, 0.4) is 0 Å². The van der Waals surface area contributed by atoms with Gasteiger partial charge in [0, 0.05) is 0 Å². The third-order valence-electron chi connectivity index (χ3n) is 2.82. The first-order valence-electron chi connectivity index (χ1n) is 6.15. The Morgan fingerprint density at radius 3 is 2.90 bits per heavy atom. The molecule has 0 radical (unpaired) electrons. The number of rotatable bonds is 4. The van der Waals surface area contributed by atoms with E-state index in [1.165, 1.54) is 25.3 Å². The number of hydrogen-bond donors (Lipinski definition) is 3. The fourth-order valence-corrected chi connectivity index (χ4v) is 1.85. The monoisotopic (exact) mass is 312 g/mol. The van der Waals surface area contributed by atoms with Gasteiger partial charge in [-0.05, 0) is 37.3 Å². The number of halogens is 2. The second-order valence-electron chi connectivity index (χ2n) is 4.68. The molecule has 0 aliphatic carbocycles. The van der Waals surface area contributed by atoms with Crippen LogP contribution in [0.4, 0.5) is 14.9 Å². The summed E-state index contributed by atoms with van der Waals surface area (Å²) < 4.78 is 18.2. The van der Waals surface area contributed by atoms with Crippen LogP contribution in [-0.2, 0) is 5.60 Å². The molecule has 0 spiro atoms. The van der Waals surface area contributed by atoms with Crippen LogP contribution in [0.5, 0.6) is 0 Å². The Hall–Kier alpha value is -2.05. The van der Waals surface area contributed by atoms with Crippen LogP contribution < -0.4 is 10.6 Å². The molecule has 0 bridgehead atoms. The summed E-state index contributed by atoms with van der Waals surface area (Å²) in [4.78, 5) is 11.7. The maximum absolute atomic E-state index is 13.1. The van der Waals surface area contributed by atoms with Crippen molar-refractivity contribution in [1.29, 1.82) is 0 Å². The molecular weight excluding hydrogens is 299 g/mol. The fourth-order valence-electron chi connectivity index (χ4n) is 1.68. The van der Waals surface area contributed by atoms with Gasteiger partial charge in [0.1, 0.15) is 17.2 Å². The number of anilines is 1. The van der Waals surface area contributed by atoms with Gasteiger partial charge in [0.2, 0.25) is 0 Å². The van der Waals surface area contributed by atoms with Crippen LogP contribution in [0.15, 0.2) is 41.0 Å². The van der Waals surface area contributed by atoms with Crippen molar-refractivity contribution in [3.05, 3.63) is 53.2 Å². The molecule has 21 heavy (non-hydrogen) atoms. The maximum Gasteiger partial charge on any atom is 0.319 e. The standard InChI is InChI=1S/C14H14ClFN2O3/c1-14(20,12-3-2-6-21-12)8-17-13(19)18-11-7-9(16)4-5-10(11)15/h2-7,20H,8H2,1H3,(H2,17,18,19). The van der Waals surface area contributed by atoms with Crippen molar-refractivity contribution in [3.63, 3.8) is 0 Å². The lowest BCUT2D eigenvalue weighted by Crippen LogP contribution is -2.40. The highest BCUT2D eigenvalue weighted by Crippen LogP contribution is 2.23. The Bertz CT molecular complexity index is 629. The second kappa shape index (κ2) is 6.15. The summed E-state index contributed by atoms with van der Waals surface area (Å²) in [6.07, 6.45) is 1.43. The summed E-state index contributed by atoms with van der Waals surface area (Å²) in [6.45, 7) is 1.42. The van der Waals surface area contributed by atoms with E-state index >= 15 is 0 Å². The maximum atomic E-state index is 13.1. The molecule has 0 fully saturated rings. The van der Waals surface area contributed by atoms with Gasteiger partial charge in [0.15, 0.2) is 0 Å². The molecule has 0 aliphatic rings. The average Bonchev–Trinajstić information content (AvgIpc) is 2.96.